The molecule has 0 aliphatic heterocycles. The molecule has 8 heteroatoms. The molecule has 26 heavy (non-hydrogen) atoms. The van der Waals surface area contributed by atoms with E-state index in [1.165, 1.54) is 7.11 Å². The Morgan fingerprint density at radius 3 is 2.46 bits per heavy atom. The van der Waals surface area contributed by atoms with Crippen LogP contribution in [0.2, 0.25) is 5.02 Å². The second kappa shape index (κ2) is 6.97. The number of carbonyl (C=O) groups excluding carboxylic acids is 1. The summed E-state index contributed by atoms with van der Waals surface area (Å²) in [4.78, 5) is 24.5. The van der Waals surface area contributed by atoms with Crippen LogP contribution in [0.5, 0.6) is 0 Å². The number of aryl methyl sites for hydroxylation is 1. The van der Waals surface area contributed by atoms with Gasteiger partial charge in [0.2, 0.25) is 5.95 Å². The van der Waals surface area contributed by atoms with Gasteiger partial charge in [0.1, 0.15) is 5.82 Å². The smallest absolute Gasteiger partial charge is 0.339 e. The first-order valence-electron chi connectivity index (χ1n) is 7.65. The third kappa shape index (κ3) is 3.29. The standard InChI is InChI=1S/C18H16ClN5O2/c1-9-15(11-4-6-14(20)22-8-11)16(24-18(21)23-9)10-3-5-12(13(19)7-10)17(25)26-2/h3-8H,1-2H3,(H2,20,22)(H2,21,23,24). The van der Waals surface area contributed by atoms with E-state index in [-0.39, 0.29) is 16.5 Å². The lowest BCUT2D eigenvalue weighted by Crippen LogP contribution is -2.04. The fraction of sp³-hybridized carbons (Fsp3) is 0.111. The molecule has 1 aromatic carbocycles. The Hall–Kier alpha value is -3.19. The number of hydrogen-bond acceptors (Lipinski definition) is 7. The number of methoxy groups -OCH3 is 1. The number of aromatic nitrogens is 3. The minimum Gasteiger partial charge on any atom is -0.465 e. The zero-order chi connectivity index (χ0) is 18.8. The maximum absolute atomic E-state index is 11.7. The molecule has 0 bridgehead atoms. The third-order valence-corrected chi connectivity index (χ3v) is 4.14. The molecule has 132 valence electrons. The SMILES string of the molecule is COC(=O)c1ccc(-c2nc(N)nc(C)c2-c2ccc(N)nc2)cc1Cl. The number of halogens is 1. The van der Waals surface area contributed by atoms with Crippen LogP contribution in [0.15, 0.2) is 36.5 Å². The number of benzene rings is 1. The van der Waals surface area contributed by atoms with Crippen LogP contribution in [0, 0.1) is 6.92 Å². The van der Waals surface area contributed by atoms with Crippen LogP contribution in [0.25, 0.3) is 22.4 Å². The summed E-state index contributed by atoms with van der Waals surface area (Å²) >= 11 is 6.25. The van der Waals surface area contributed by atoms with Gasteiger partial charge in [-0.1, -0.05) is 17.7 Å². The zero-order valence-corrected chi connectivity index (χ0v) is 14.9. The first kappa shape index (κ1) is 17.6. The Morgan fingerprint density at radius 1 is 1.12 bits per heavy atom. The highest BCUT2D eigenvalue weighted by Crippen LogP contribution is 2.35. The van der Waals surface area contributed by atoms with Gasteiger partial charge in [0, 0.05) is 22.9 Å². The second-order valence-corrected chi connectivity index (χ2v) is 5.96. The molecule has 0 spiro atoms. The summed E-state index contributed by atoms with van der Waals surface area (Å²) < 4.78 is 4.72. The molecule has 0 saturated carbocycles. The normalized spacial score (nSPS) is 10.6. The number of ether oxygens (including phenoxy) is 1. The fourth-order valence-corrected chi connectivity index (χ4v) is 2.90. The Balaban J connectivity index is 2.20. The monoisotopic (exact) mass is 369 g/mol. The van der Waals surface area contributed by atoms with Crippen LogP contribution in [0.3, 0.4) is 0 Å². The van der Waals surface area contributed by atoms with E-state index < -0.39 is 5.97 Å². The van der Waals surface area contributed by atoms with Gasteiger partial charge in [0.25, 0.3) is 0 Å². The molecule has 0 unspecified atom stereocenters. The highest BCUT2D eigenvalue weighted by Gasteiger charge is 2.18. The van der Waals surface area contributed by atoms with Crippen molar-refractivity contribution in [2.45, 2.75) is 6.92 Å². The number of esters is 1. The quantitative estimate of drug-likeness (QED) is 0.681. The number of nitrogens with two attached hydrogens (primary N) is 2. The topological polar surface area (TPSA) is 117 Å². The number of hydrogen-bond donors (Lipinski definition) is 2. The summed E-state index contributed by atoms with van der Waals surface area (Å²) in [5, 5.41) is 0.255. The highest BCUT2D eigenvalue weighted by atomic mass is 35.5. The van der Waals surface area contributed by atoms with Gasteiger partial charge in [0.05, 0.1) is 29.1 Å². The molecular weight excluding hydrogens is 354 g/mol. The van der Waals surface area contributed by atoms with Crippen molar-refractivity contribution < 1.29 is 9.53 Å². The van der Waals surface area contributed by atoms with Gasteiger partial charge >= 0.3 is 5.97 Å². The molecule has 4 N–H and O–H groups in total. The molecule has 0 radical (unpaired) electrons. The van der Waals surface area contributed by atoms with Crippen LogP contribution < -0.4 is 11.5 Å². The summed E-state index contributed by atoms with van der Waals surface area (Å²) in [7, 11) is 1.30. The van der Waals surface area contributed by atoms with Gasteiger partial charge < -0.3 is 16.2 Å². The number of pyridine rings is 1. The van der Waals surface area contributed by atoms with Gasteiger partial charge in [0.15, 0.2) is 0 Å². The zero-order valence-electron chi connectivity index (χ0n) is 14.2. The molecule has 7 nitrogen and oxygen atoms in total. The Bertz CT molecular complexity index is 990. The van der Waals surface area contributed by atoms with E-state index in [1.807, 2.05) is 13.0 Å². The molecule has 3 aromatic rings. The minimum absolute atomic E-state index is 0.137. The van der Waals surface area contributed by atoms with E-state index in [9.17, 15) is 4.79 Å². The number of carbonyl (C=O) groups is 1. The summed E-state index contributed by atoms with van der Waals surface area (Å²) in [6.07, 6.45) is 1.64. The predicted molar refractivity (Wildman–Crippen MR) is 101 cm³/mol. The molecule has 0 fully saturated rings. The van der Waals surface area contributed by atoms with Crippen LogP contribution in [0.1, 0.15) is 16.1 Å². The van der Waals surface area contributed by atoms with Gasteiger partial charge in [-0.05, 0) is 31.2 Å². The molecule has 0 amide bonds. The van der Waals surface area contributed by atoms with E-state index in [4.69, 9.17) is 27.8 Å². The van der Waals surface area contributed by atoms with Gasteiger partial charge in [-0.25, -0.2) is 19.7 Å². The van der Waals surface area contributed by atoms with Crippen molar-refractivity contribution in [2.75, 3.05) is 18.6 Å². The molecule has 0 atom stereocenters. The second-order valence-electron chi connectivity index (χ2n) is 5.55. The maximum Gasteiger partial charge on any atom is 0.339 e. The third-order valence-electron chi connectivity index (χ3n) is 3.83. The first-order chi connectivity index (χ1) is 12.4. The van der Waals surface area contributed by atoms with E-state index in [0.717, 1.165) is 11.1 Å². The van der Waals surface area contributed by atoms with Crippen molar-refractivity contribution in [3.05, 3.63) is 52.8 Å². The first-order valence-corrected chi connectivity index (χ1v) is 8.02. The van der Waals surface area contributed by atoms with Gasteiger partial charge in [-0.15, -0.1) is 0 Å². The molecule has 2 aromatic heterocycles. The fourth-order valence-electron chi connectivity index (χ4n) is 2.64. The lowest BCUT2D eigenvalue weighted by molar-refractivity contribution is 0.0601. The Kier molecular flexibility index (Phi) is 4.73. The van der Waals surface area contributed by atoms with Gasteiger partial charge in [-0.2, -0.15) is 0 Å². The Morgan fingerprint density at radius 2 is 1.85 bits per heavy atom. The van der Waals surface area contributed by atoms with E-state index in [2.05, 4.69) is 15.0 Å². The lowest BCUT2D eigenvalue weighted by Gasteiger charge is -2.13. The summed E-state index contributed by atoms with van der Waals surface area (Å²) in [6, 6.07) is 8.49. The number of rotatable bonds is 3. The van der Waals surface area contributed by atoms with Crippen molar-refractivity contribution in [3.8, 4) is 22.4 Å². The van der Waals surface area contributed by atoms with E-state index in [1.54, 1.807) is 30.5 Å². The van der Waals surface area contributed by atoms with Crippen LogP contribution in [-0.4, -0.2) is 28.0 Å². The van der Waals surface area contributed by atoms with Crippen LogP contribution >= 0.6 is 11.6 Å². The number of nitrogens with zero attached hydrogens (tertiary/aromatic N) is 3. The molecule has 0 aliphatic rings. The summed E-state index contributed by atoms with van der Waals surface area (Å²) in [5.41, 5.74) is 15.3. The lowest BCUT2D eigenvalue weighted by atomic mass is 9.98. The van der Waals surface area contributed by atoms with Gasteiger partial charge in [-0.3, -0.25) is 0 Å². The maximum atomic E-state index is 11.7. The highest BCUT2D eigenvalue weighted by molar-refractivity contribution is 6.33. The summed E-state index contributed by atoms with van der Waals surface area (Å²) in [6.45, 7) is 1.83. The van der Waals surface area contributed by atoms with Crippen molar-refractivity contribution in [2.24, 2.45) is 0 Å². The summed E-state index contributed by atoms with van der Waals surface area (Å²) in [5.74, 6) is 0.0375. The average Bonchev–Trinajstić information content (AvgIpc) is 2.61. The minimum atomic E-state index is -0.511. The number of nitrogen functional groups attached to an aromatic ring is 2. The average molecular weight is 370 g/mol. The largest absolute Gasteiger partial charge is 0.465 e. The number of anilines is 2. The van der Waals surface area contributed by atoms with Crippen molar-refractivity contribution in [1.29, 1.82) is 0 Å². The van der Waals surface area contributed by atoms with Crippen molar-refractivity contribution in [3.63, 3.8) is 0 Å². The molecule has 3 rings (SSSR count). The molecular formula is C18H16ClN5O2. The predicted octanol–water partition coefficient (Wildman–Crippen LogP) is 3.12. The molecule has 2 heterocycles. The molecule has 0 aliphatic carbocycles. The Labute approximate surface area is 155 Å². The van der Waals surface area contributed by atoms with E-state index in [0.29, 0.717) is 22.8 Å². The van der Waals surface area contributed by atoms with Crippen molar-refractivity contribution in [1.82, 2.24) is 15.0 Å². The van der Waals surface area contributed by atoms with Crippen LogP contribution in [0.4, 0.5) is 11.8 Å². The van der Waals surface area contributed by atoms with E-state index >= 15 is 0 Å². The van der Waals surface area contributed by atoms with Crippen LogP contribution in [-0.2, 0) is 4.74 Å². The van der Waals surface area contributed by atoms with Crippen molar-refractivity contribution >= 4 is 29.3 Å². The molecule has 0 saturated heterocycles.